The molecule has 138 valence electrons. The highest BCUT2D eigenvalue weighted by Crippen LogP contribution is 2.22. The zero-order valence-corrected chi connectivity index (χ0v) is 15.9. The lowest BCUT2D eigenvalue weighted by molar-refractivity contribution is -0.129. The number of carbonyl (C=O) groups excluding carboxylic acids is 2. The summed E-state index contributed by atoms with van der Waals surface area (Å²) in [6.07, 6.45) is 0.856. The summed E-state index contributed by atoms with van der Waals surface area (Å²) in [7, 11) is 3.52. The molecule has 3 amide bonds. The van der Waals surface area contributed by atoms with E-state index in [9.17, 15) is 9.59 Å². The number of rotatable bonds is 4. The maximum atomic E-state index is 12.6. The first kappa shape index (κ1) is 19.5. The number of carbonyl (C=O) groups is 2. The molecule has 25 heavy (non-hydrogen) atoms. The Balaban J connectivity index is 1.88. The van der Waals surface area contributed by atoms with Crippen molar-refractivity contribution in [2.75, 3.05) is 46.8 Å². The third-order valence-corrected chi connectivity index (χ3v) is 4.79. The average molecular weight is 367 g/mol. The SMILES string of the molecule is C[C@@H](NC(=O)N1CCCN(CC(=O)N(C)C)CC1)c1ccccc1Cl. The normalized spacial score (nSPS) is 16.9. The number of hydrogen-bond donors (Lipinski definition) is 1. The summed E-state index contributed by atoms with van der Waals surface area (Å²) >= 11 is 6.20. The third-order valence-electron chi connectivity index (χ3n) is 4.45. The molecule has 0 radical (unpaired) electrons. The van der Waals surface area contributed by atoms with E-state index in [2.05, 4.69) is 10.2 Å². The van der Waals surface area contributed by atoms with Gasteiger partial charge in [-0.2, -0.15) is 0 Å². The summed E-state index contributed by atoms with van der Waals surface area (Å²) in [5.74, 6) is 0.0882. The van der Waals surface area contributed by atoms with Crippen LogP contribution in [0, 0.1) is 0 Å². The monoisotopic (exact) mass is 366 g/mol. The topological polar surface area (TPSA) is 55.9 Å². The fourth-order valence-corrected chi connectivity index (χ4v) is 3.14. The number of urea groups is 1. The zero-order valence-electron chi connectivity index (χ0n) is 15.2. The molecule has 7 heteroatoms. The highest BCUT2D eigenvalue weighted by molar-refractivity contribution is 6.31. The van der Waals surface area contributed by atoms with Crippen LogP contribution in [0.15, 0.2) is 24.3 Å². The number of amides is 3. The number of hydrogen-bond acceptors (Lipinski definition) is 3. The Morgan fingerprint density at radius 2 is 1.92 bits per heavy atom. The Morgan fingerprint density at radius 1 is 1.20 bits per heavy atom. The Hall–Kier alpha value is -1.79. The molecule has 1 aromatic rings. The molecule has 0 bridgehead atoms. The van der Waals surface area contributed by atoms with Crippen LogP contribution in [0.2, 0.25) is 5.02 Å². The Morgan fingerprint density at radius 3 is 2.60 bits per heavy atom. The largest absolute Gasteiger partial charge is 0.348 e. The van der Waals surface area contributed by atoms with Crippen molar-refractivity contribution in [2.24, 2.45) is 0 Å². The van der Waals surface area contributed by atoms with Crippen LogP contribution in [0.3, 0.4) is 0 Å². The van der Waals surface area contributed by atoms with E-state index in [0.29, 0.717) is 31.2 Å². The van der Waals surface area contributed by atoms with Gasteiger partial charge in [-0.3, -0.25) is 9.69 Å². The summed E-state index contributed by atoms with van der Waals surface area (Å²) < 4.78 is 0. The molecule has 2 rings (SSSR count). The minimum Gasteiger partial charge on any atom is -0.348 e. The lowest BCUT2D eigenvalue weighted by atomic mass is 10.1. The minimum atomic E-state index is -0.157. The second kappa shape index (κ2) is 9.06. The van der Waals surface area contributed by atoms with Crippen LogP contribution in [0.5, 0.6) is 0 Å². The van der Waals surface area contributed by atoms with E-state index in [1.807, 2.05) is 36.1 Å². The third kappa shape index (κ3) is 5.61. The Kier molecular flexibility index (Phi) is 7.08. The molecule has 0 unspecified atom stereocenters. The van der Waals surface area contributed by atoms with Gasteiger partial charge in [0.2, 0.25) is 5.91 Å². The number of likely N-dealkylation sites (N-methyl/N-ethyl adjacent to an activating group) is 1. The van der Waals surface area contributed by atoms with E-state index in [1.165, 1.54) is 0 Å². The standard InChI is InChI=1S/C18H27ClN4O2/c1-14(15-7-4-5-8-16(15)19)20-18(25)23-10-6-9-22(11-12-23)13-17(24)21(2)3/h4-5,7-8,14H,6,9-13H2,1-3H3,(H,20,25)/t14-/m1/s1. The zero-order chi connectivity index (χ0) is 18.4. The smallest absolute Gasteiger partial charge is 0.317 e. The van der Waals surface area contributed by atoms with Crippen LogP contribution in [-0.4, -0.2) is 73.5 Å². The van der Waals surface area contributed by atoms with E-state index in [-0.39, 0.29) is 18.0 Å². The Labute approximate surface area is 154 Å². The van der Waals surface area contributed by atoms with Crippen molar-refractivity contribution in [2.45, 2.75) is 19.4 Å². The first-order chi connectivity index (χ1) is 11.9. The van der Waals surface area contributed by atoms with E-state index in [4.69, 9.17) is 11.6 Å². The van der Waals surface area contributed by atoms with E-state index in [1.54, 1.807) is 19.0 Å². The maximum Gasteiger partial charge on any atom is 0.317 e. The van der Waals surface area contributed by atoms with Crippen molar-refractivity contribution in [3.8, 4) is 0 Å². The Bertz CT molecular complexity index is 608. The molecule has 0 aromatic heterocycles. The molecule has 1 fully saturated rings. The van der Waals surface area contributed by atoms with Gasteiger partial charge in [-0.25, -0.2) is 4.79 Å². The summed E-state index contributed by atoms with van der Waals surface area (Å²) in [5.41, 5.74) is 0.908. The molecule has 1 N–H and O–H groups in total. The molecule has 0 spiro atoms. The van der Waals surface area contributed by atoms with E-state index in [0.717, 1.165) is 18.5 Å². The molecule has 1 saturated heterocycles. The van der Waals surface area contributed by atoms with Gasteiger partial charge in [-0.05, 0) is 25.0 Å². The highest BCUT2D eigenvalue weighted by atomic mass is 35.5. The molecule has 1 atom stereocenters. The quantitative estimate of drug-likeness (QED) is 0.888. The summed E-state index contributed by atoms with van der Waals surface area (Å²) in [4.78, 5) is 29.9. The van der Waals surface area contributed by atoms with Gasteiger partial charge in [-0.15, -0.1) is 0 Å². The van der Waals surface area contributed by atoms with Gasteiger partial charge in [0.15, 0.2) is 0 Å². The average Bonchev–Trinajstić information content (AvgIpc) is 2.80. The van der Waals surface area contributed by atoms with E-state index < -0.39 is 0 Å². The van der Waals surface area contributed by atoms with Crippen molar-refractivity contribution >= 4 is 23.5 Å². The van der Waals surface area contributed by atoms with Crippen molar-refractivity contribution in [1.82, 2.24) is 20.0 Å². The summed E-state index contributed by atoms with van der Waals surface area (Å²) in [5, 5.41) is 3.67. The fraction of sp³-hybridized carbons (Fsp3) is 0.556. The molecule has 1 aromatic carbocycles. The van der Waals surface area contributed by atoms with Crippen molar-refractivity contribution in [1.29, 1.82) is 0 Å². The number of nitrogens with zero attached hydrogens (tertiary/aromatic N) is 3. The summed E-state index contributed by atoms with van der Waals surface area (Å²) in [6.45, 7) is 5.16. The first-order valence-corrected chi connectivity index (χ1v) is 8.98. The second-order valence-electron chi connectivity index (χ2n) is 6.60. The maximum absolute atomic E-state index is 12.6. The van der Waals surface area contributed by atoms with Crippen LogP contribution < -0.4 is 5.32 Å². The molecule has 6 nitrogen and oxygen atoms in total. The molecular formula is C18H27ClN4O2. The predicted molar refractivity (Wildman–Crippen MR) is 99.7 cm³/mol. The lowest BCUT2D eigenvalue weighted by Crippen LogP contribution is -2.43. The second-order valence-corrected chi connectivity index (χ2v) is 7.00. The molecule has 1 aliphatic rings. The molecular weight excluding hydrogens is 340 g/mol. The van der Waals surface area contributed by atoms with Crippen LogP contribution in [0.4, 0.5) is 4.79 Å². The number of benzene rings is 1. The molecule has 0 aliphatic carbocycles. The number of halogens is 1. The van der Waals surface area contributed by atoms with E-state index >= 15 is 0 Å². The van der Waals surface area contributed by atoms with Gasteiger partial charge in [-0.1, -0.05) is 29.8 Å². The predicted octanol–water partition coefficient (Wildman–Crippen LogP) is 2.21. The number of nitrogens with one attached hydrogen (secondary N) is 1. The van der Waals surface area contributed by atoms with Crippen LogP contribution >= 0.6 is 11.6 Å². The van der Waals surface area contributed by atoms with Crippen molar-refractivity contribution in [3.63, 3.8) is 0 Å². The lowest BCUT2D eigenvalue weighted by Gasteiger charge is -2.25. The van der Waals surface area contributed by atoms with Gasteiger partial charge >= 0.3 is 6.03 Å². The van der Waals surface area contributed by atoms with Gasteiger partial charge < -0.3 is 15.1 Å². The van der Waals surface area contributed by atoms with Gasteiger partial charge in [0.25, 0.3) is 0 Å². The van der Waals surface area contributed by atoms with Gasteiger partial charge in [0.1, 0.15) is 0 Å². The van der Waals surface area contributed by atoms with Gasteiger partial charge in [0, 0.05) is 45.3 Å². The van der Waals surface area contributed by atoms with Crippen LogP contribution in [0.1, 0.15) is 24.9 Å². The van der Waals surface area contributed by atoms with Crippen LogP contribution in [-0.2, 0) is 4.79 Å². The molecule has 0 saturated carbocycles. The van der Waals surface area contributed by atoms with Crippen molar-refractivity contribution < 1.29 is 9.59 Å². The van der Waals surface area contributed by atoms with Crippen LogP contribution in [0.25, 0.3) is 0 Å². The molecule has 1 heterocycles. The van der Waals surface area contributed by atoms with Crippen molar-refractivity contribution in [3.05, 3.63) is 34.9 Å². The highest BCUT2D eigenvalue weighted by Gasteiger charge is 2.22. The molecule has 1 aliphatic heterocycles. The minimum absolute atomic E-state index is 0.0882. The van der Waals surface area contributed by atoms with Gasteiger partial charge in [0.05, 0.1) is 12.6 Å². The fourth-order valence-electron chi connectivity index (χ4n) is 2.85. The first-order valence-electron chi connectivity index (χ1n) is 8.61. The summed E-state index contributed by atoms with van der Waals surface area (Å²) in [6, 6.07) is 7.29.